The first kappa shape index (κ1) is 11.8. The van der Waals surface area contributed by atoms with Crippen LogP contribution in [0.5, 0.6) is 0 Å². The molecule has 3 rings (SSSR count). The van der Waals surface area contributed by atoms with Crippen molar-refractivity contribution in [1.29, 1.82) is 0 Å². The molecule has 0 spiro atoms. The summed E-state index contributed by atoms with van der Waals surface area (Å²) in [4.78, 5) is 8.77. The molecular formula is C12H16N4OS. The zero-order valence-electron chi connectivity index (χ0n) is 10.3. The molecule has 1 fully saturated rings. The molecule has 0 amide bonds. The highest BCUT2D eigenvalue weighted by Gasteiger charge is 2.34. The first-order valence-electron chi connectivity index (χ1n) is 6.23. The average molecular weight is 264 g/mol. The van der Waals surface area contributed by atoms with Gasteiger partial charge in [-0.05, 0) is 19.8 Å². The van der Waals surface area contributed by atoms with Crippen molar-refractivity contribution < 1.29 is 4.52 Å². The van der Waals surface area contributed by atoms with E-state index in [1.807, 2.05) is 12.3 Å². The molecule has 2 heterocycles. The SMILES string of the molecule is Cc1nc(-c2nc(C3(N)CCCCC3)no2)cs1. The van der Waals surface area contributed by atoms with Crippen molar-refractivity contribution in [3.63, 3.8) is 0 Å². The van der Waals surface area contributed by atoms with Gasteiger partial charge in [-0.3, -0.25) is 0 Å². The average Bonchev–Trinajstić information content (AvgIpc) is 2.98. The summed E-state index contributed by atoms with van der Waals surface area (Å²) in [7, 11) is 0. The minimum atomic E-state index is -0.412. The van der Waals surface area contributed by atoms with Gasteiger partial charge in [-0.1, -0.05) is 24.4 Å². The summed E-state index contributed by atoms with van der Waals surface area (Å²) in [6.45, 7) is 1.96. The van der Waals surface area contributed by atoms with Crippen LogP contribution in [0.1, 0.15) is 42.9 Å². The van der Waals surface area contributed by atoms with Crippen LogP contribution in [0.4, 0.5) is 0 Å². The zero-order valence-corrected chi connectivity index (χ0v) is 11.2. The van der Waals surface area contributed by atoms with Crippen molar-refractivity contribution in [2.24, 2.45) is 5.73 Å². The van der Waals surface area contributed by atoms with Crippen molar-refractivity contribution in [3.8, 4) is 11.6 Å². The highest BCUT2D eigenvalue weighted by Crippen LogP contribution is 2.34. The monoisotopic (exact) mass is 264 g/mol. The van der Waals surface area contributed by atoms with Crippen LogP contribution in [0.3, 0.4) is 0 Å². The molecule has 18 heavy (non-hydrogen) atoms. The number of thiazole rings is 1. The smallest absolute Gasteiger partial charge is 0.277 e. The molecule has 2 aromatic rings. The van der Waals surface area contributed by atoms with E-state index in [0.717, 1.165) is 36.4 Å². The van der Waals surface area contributed by atoms with Gasteiger partial charge in [0.25, 0.3) is 5.89 Å². The molecule has 0 atom stereocenters. The molecule has 0 aliphatic heterocycles. The predicted octanol–water partition coefficient (Wildman–Crippen LogP) is 2.62. The topological polar surface area (TPSA) is 77.8 Å². The second-order valence-electron chi connectivity index (χ2n) is 4.89. The molecule has 0 bridgehead atoms. The first-order chi connectivity index (χ1) is 8.67. The maximum atomic E-state index is 6.37. The van der Waals surface area contributed by atoms with Gasteiger partial charge in [0.2, 0.25) is 0 Å². The largest absolute Gasteiger partial charge is 0.332 e. The number of nitrogens with zero attached hydrogens (tertiary/aromatic N) is 3. The van der Waals surface area contributed by atoms with Gasteiger partial charge in [-0.2, -0.15) is 4.98 Å². The normalized spacial score (nSPS) is 19.0. The molecule has 1 aliphatic rings. The maximum Gasteiger partial charge on any atom is 0.277 e. The third-order valence-electron chi connectivity index (χ3n) is 3.46. The van der Waals surface area contributed by atoms with E-state index in [9.17, 15) is 0 Å². The third kappa shape index (κ3) is 2.06. The fourth-order valence-corrected chi connectivity index (χ4v) is 2.98. The van der Waals surface area contributed by atoms with Crippen molar-refractivity contribution in [1.82, 2.24) is 15.1 Å². The lowest BCUT2D eigenvalue weighted by atomic mass is 9.82. The summed E-state index contributed by atoms with van der Waals surface area (Å²) < 4.78 is 5.29. The van der Waals surface area contributed by atoms with Gasteiger partial charge < -0.3 is 10.3 Å². The van der Waals surface area contributed by atoms with Gasteiger partial charge >= 0.3 is 0 Å². The van der Waals surface area contributed by atoms with E-state index in [0.29, 0.717) is 11.7 Å². The summed E-state index contributed by atoms with van der Waals surface area (Å²) in [5.74, 6) is 1.10. The number of rotatable bonds is 2. The summed E-state index contributed by atoms with van der Waals surface area (Å²) in [6.07, 6.45) is 5.38. The van der Waals surface area contributed by atoms with Crippen LogP contribution in [0.15, 0.2) is 9.90 Å². The lowest BCUT2D eigenvalue weighted by Crippen LogP contribution is -2.39. The summed E-state index contributed by atoms with van der Waals surface area (Å²) in [6, 6.07) is 0. The number of aryl methyl sites for hydroxylation is 1. The lowest BCUT2D eigenvalue weighted by molar-refractivity contribution is 0.275. The molecule has 2 N–H and O–H groups in total. The quantitative estimate of drug-likeness (QED) is 0.902. The Kier molecular flexibility index (Phi) is 2.91. The van der Waals surface area contributed by atoms with Crippen LogP contribution in [-0.4, -0.2) is 15.1 Å². The van der Waals surface area contributed by atoms with Crippen LogP contribution < -0.4 is 5.73 Å². The molecule has 0 radical (unpaired) electrons. The second kappa shape index (κ2) is 4.44. The molecule has 2 aromatic heterocycles. The molecule has 0 aromatic carbocycles. The Bertz CT molecular complexity index is 542. The third-order valence-corrected chi connectivity index (χ3v) is 4.23. The van der Waals surface area contributed by atoms with E-state index < -0.39 is 5.54 Å². The van der Waals surface area contributed by atoms with Crippen LogP contribution in [0, 0.1) is 6.92 Å². The summed E-state index contributed by atoms with van der Waals surface area (Å²) >= 11 is 1.57. The van der Waals surface area contributed by atoms with Gasteiger partial charge in [0.05, 0.1) is 10.5 Å². The molecule has 1 saturated carbocycles. The van der Waals surface area contributed by atoms with Gasteiger partial charge in [-0.15, -0.1) is 11.3 Å². The molecule has 6 heteroatoms. The Morgan fingerprint density at radius 3 is 2.72 bits per heavy atom. The highest BCUT2D eigenvalue weighted by molar-refractivity contribution is 7.09. The molecular weight excluding hydrogens is 248 g/mol. The molecule has 1 aliphatic carbocycles. The van der Waals surface area contributed by atoms with Gasteiger partial charge in [0, 0.05) is 5.38 Å². The molecule has 5 nitrogen and oxygen atoms in total. The van der Waals surface area contributed by atoms with Crippen molar-refractivity contribution in [3.05, 3.63) is 16.2 Å². The fourth-order valence-electron chi connectivity index (χ4n) is 2.40. The Labute approximate surface area is 109 Å². The number of hydrogen-bond acceptors (Lipinski definition) is 6. The van der Waals surface area contributed by atoms with Gasteiger partial charge in [0.15, 0.2) is 5.82 Å². The van der Waals surface area contributed by atoms with Gasteiger partial charge in [0.1, 0.15) is 5.69 Å². The second-order valence-corrected chi connectivity index (χ2v) is 5.95. The Morgan fingerprint density at radius 1 is 1.28 bits per heavy atom. The predicted molar refractivity (Wildman–Crippen MR) is 69.1 cm³/mol. The van der Waals surface area contributed by atoms with E-state index in [1.54, 1.807) is 11.3 Å². The van der Waals surface area contributed by atoms with E-state index in [-0.39, 0.29) is 0 Å². The van der Waals surface area contributed by atoms with Gasteiger partial charge in [-0.25, -0.2) is 4.98 Å². The zero-order chi connectivity index (χ0) is 12.6. The van der Waals surface area contributed by atoms with E-state index in [4.69, 9.17) is 10.3 Å². The standard InChI is InChI=1S/C12H16N4OS/c1-8-14-9(7-18-8)10-15-11(16-17-10)12(13)5-3-2-4-6-12/h7H,2-6,13H2,1H3. The highest BCUT2D eigenvalue weighted by atomic mass is 32.1. The van der Waals surface area contributed by atoms with Crippen molar-refractivity contribution in [2.75, 3.05) is 0 Å². The van der Waals surface area contributed by atoms with E-state index in [2.05, 4.69) is 15.1 Å². The lowest BCUT2D eigenvalue weighted by Gasteiger charge is -2.29. The van der Waals surface area contributed by atoms with Crippen LogP contribution in [0.2, 0.25) is 0 Å². The first-order valence-corrected chi connectivity index (χ1v) is 7.11. The van der Waals surface area contributed by atoms with E-state index >= 15 is 0 Å². The molecule has 0 unspecified atom stereocenters. The Balaban J connectivity index is 1.89. The fraction of sp³-hybridized carbons (Fsp3) is 0.583. The van der Waals surface area contributed by atoms with E-state index in [1.165, 1.54) is 6.42 Å². The molecule has 0 saturated heterocycles. The van der Waals surface area contributed by atoms with Crippen LogP contribution in [0.25, 0.3) is 11.6 Å². The number of hydrogen-bond donors (Lipinski definition) is 1. The van der Waals surface area contributed by atoms with Crippen molar-refractivity contribution in [2.45, 2.75) is 44.6 Å². The minimum Gasteiger partial charge on any atom is -0.332 e. The number of nitrogens with two attached hydrogens (primary N) is 1. The summed E-state index contributed by atoms with van der Waals surface area (Å²) in [5, 5.41) is 6.97. The Morgan fingerprint density at radius 2 is 2.06 bits per heavy atom. The summed E-state index contributed by atoms with van der Waals surface area (Å²) in [5.41, 5.74) is 6.71. The van der Waals surface area contributed by atoms with Crippen molar-refractivity contribution >= 4 is 11.3 Å². The maximum absolute atomic E-state index is 6.37. The van der Waals surface area contributed by atoms with Crippen LogP contribution >= 0.6 is 11.3 Å². The molecule has 96 valence electrons. The van der Waals surface area contributed by atoms with Crippen LogP contribution in [-0.2, 0) is 5.54 Å². The Hall–Kier alpha value is -1.27. The number of aromatic nitrogens is 3. The minimum absolute atomic E-state index is 0.412.